The van der Waals surface area contributed by atoms with Gasteiger partial charge in [0.25, 0.3) is 5.78 Å². The molecule has 0 radical (unpaired) electrons. The highest BCUT2D eigenvalue weighted by Crippen LogP contribution is 2.42. The Balaban J connectivity index is 0.00000117. The van der Waals surface area contributed by atoms with Gasteiger partial charge in [-0.15, -0.1) is 0 Å². The maximum atomic E-state index is 6.79. The number of halogens is 1. The molecule has 29 heavy (non-hydrogen) atoms. The van der Waals surface area contributed by atoms with Gasteiger partial charge in [0.1, 0.15) is 17.3 Å². The Labute approximate surface area is 179 Å². The van der Waals surface area contributed by atoms with Crippen molar-refractivity contribution in [1.29, 1.82) is 0 Å². The van der Waals surface area contributed by atoms with Crippen molar-refractivity contribution in [2.75, 3.05) is 18.0 Å². The molecule has 0 bridgehead atoms. The van der Waals surface area contributed by atoms with Gasteiger partial charge in [0.2, 0.25) is 0 Å². The van der Waals surface area contributed by atoms with Gasteiger partial charge < -0.3 is 4.90 Å². The first-order valence-corrected chi connectivity index (χ1v) is 11.0. The zero-order valence-electron chi connectivity index (χ0n) is 18.7. The summed E-state index contributed by atoms with van der Waals surface area (Å²) in [5, 5.41) is 4.99. The van der Waals surface area contributed by atoms with E-state index in [4.69, 9.17) is 11.6 Å². The summed E-state index contributed by atoms with van der Waals surface area (Å²) in [5.74, 6) is 1.58. The summed E-state index contributed by atoms with van der Waals surface area (Å²) in [6, 6.07) is 0. The largest absolute Gasteiger partial charge is 0.356 e. The summed E-state index contributed by atoms with van der Waals surface area (Å²) in [7, 11) is 0. The Morgan fingerprint density at radius 1 is 0.793 bits per heavy atom. The van der Waals surface area contributed by atoms with Crippen molar-refractivity contribution >= 4 is 23.2 Å². The lowest BCUT2D eigenvalue weighted by Gasteiger charge is -2.31. The molecule has 2 aromatic heterocycles. The van der Waals surface area contributed by atoms with Crippen LogP contribution in [0.1, 0.15) is 60.9 Å². The molecule has 3 heterocycles. The van der Waals surface area contributed by atoms with Crippen molar-refractivity contribution in [3.63, 3.8) is 0 Å². The van der Waals surface area contributed by atoms with Crippen molar-refractivity contribution in [2.24, 2.45) is 0 Å². The molecule has 1 fully saturated rings. The van der Waals surface area contributed by atoms with Crippen LogP contribution in [0.15, 0.2) is 6.33 Å². The number of rotatable bonds is 2. The van der Waals surface area contributed by atoms with Gasteiger partial charge in [-0.2, -0.15) is 19.6 Å². The minimum Gasteiger partial charge on any atom is -0.356 e. The van der Waals surface area contributed by atoms with Gasteiger partial charge in [0.05, 0.1) is 5.56 Å². The first-order chi connectivity index (χ1) is 13.9. The van der Waals surface area contributed by atoms with Gasteiger partial charge in [-0.1, -0.05) is 25.4 Å². The normalized spacial score (nSPS) is 14.1. The van der Waals surface area contributed by atoms with E-state index in [0.717, 1.165) is 24.5 Å². The molecule has 0 unspecified atom stereocenters. The molecule has 1 saturated heterocycles. The summed E-state index contributed by atoms with van der Waals surface area (Å²) in [6.07, 6.45) is 5.19. The lowest BCUT2D eigenvalue weighted by molar-refractivity contribution is 0.569. The Kier molecular flexibility index (Phi) is 6.47. The van der Waals surface area contributed by atoms with E-state index < -0.39 is 0 Å². The van der Waals surface area contributed by atoms with Crippen molar-refractivity contribution < 1.29 is 0 Å². The molecule has 1 aromatic carbocycles. The Morgan fingerprint density at radius 3 is 1.93 bits per heavy atom. The van der Waals surface area contributed by atoms with E-state index >= 15 is 0 Å². The maximum Gasteiger partial charge on any atom is 0.255 e. The van der Waals surface area contributed by atoms with E-state index in [0.29, 0.717) is 10.9 Å². The Bertz CT molecular complexity index is 1000. The van der Waals surface area contributed by atoms with E-state index in [1.54, 1.807) is 6.33 Å². The summed E-state index contributed by atoms with van der Waals surface area (Å²) in [5.41, 5.74) is 8.66. The molecule has 5 nitrogen and oxygen atoms in total. The summed E-state index contributed by atoms with van der Waals surface area (Å²) >= 11 is 6.79. The highest BCUT2D eigenvalue weighted by molar-refractivity contribution is 6.33. The van der Waals surface area contributed by atoms with E-state index in [1.807, 2.05) is 18.4 Å². The third-order valence-electron chi connectivity index (χ3n) is 6.26. The number of hydrogen-bond donors (Lipinski definition) is 0. The quantitative estimate of drug-likeness (QED) is 0.483. The van der Waals surface area contributed by atoms with E-state index in [2.05, 4.69) is 54.6 Å². The second kappa shape index (κ2) is 8.70. The molecule has 0 amide bonds. The number of aromatic nitrogens is 4. The predicted molar refractivity (Wildman–Crippen MR) is 122 cm³/mol. The van der Waals surface area contributed by atoms with Crippen LogP contribution < -0.4 is 4.90 Å². The molecule has 0 N–H and O–H groups in total. The van der Waals surface area contributed by atoms with E-state index in [9.17, 15) is 0 Å². The van der Waals surface area contributed by atoms with Crippen LogP contribution in [0.25, 0.3) is 16.9 Å². The van der Waals surface area contributed by atoms with Gasteiger partial charge >= 0.3 is 0 Å². The Morgan fingerprint density at radius 2 is 1.34 bits per heavy atom. The van der Waals surface area contributed by atoms with Crippen molar-refractivity contribution in [2.45, 2.75) is 67.7 Å². The van der Waals surface area contributed by atoms with Crippen LogP contribution in [-0.4, -0.2) is 32.7 Å². The molecule has 6 heteroatoms. The molecule has 0 spiro atoms. The van der Waals surface area contributed by atoms with Gasteiger partial charge in [-0.25, -0.2) is 0 Å². The number of piperidine rings is 1. The van der Waals surface area contributed by atoms with Crippen LogP contribution in [0, 0.1) is 34.6 Å². The van der Waals surface area contributed by atoms with Crippen LogP contribution in [0.4, 0.5) is 5.82 Å². The zero-order chi connectivity index (χ0) is 21.3. The number of fused-ring (bicyclic) bond motifs is 1. The average molecular weight is 414 g/mol. The first-order valence-electron chi connectivity index (χ1n) is 10.6. The summed E-state index contributed by atoms with van der Waals surface area (Å²) < 4.78 is 1.86. The molecule has 3 aromatic rings. The minimum atomic E-state index is 0.505. The fraction of sp³-hybridized carbons (Fsp3) is 0.522. The topological polar surface area (TPSA) is 46.3 Å². The van der Waals surface area contributed by atoms with Crippen molar-refractivity contribution in [3.8, 4) is 11.1 Å². The van der Waals surface area contributed by atoms with E-state index in [1.165, 1.54) is 52.6 Å². The number of hydrogen-bond acceptors (Lipinski definition) is 4. The zero-order valence-corrected chi connectivity index (χ0v) is 19.5. The van der Waals surface area contributed by atoms with Gasteiger partial charge in [0, 0.05) is 13.1 Å². The average Bonchev–Trinajstić information content (AvgIpc) is 3.21. The van der Waals surface area contributed by atoms with Crippen molar-refractivity contribution in [3.05, 3.63) is 39.3 Å². The third-order valence-corrected chi connectivity index (χ3v) is 6.54. The molecular formula is C23H32ClN5. The number of nitrogens with zero attached hydrogens (tertiary/aromatic N) is 5. The van der Waals surface area contributed by atoms with Gasteiger partial charge in [-0.3, -0.25) is 0 Å². The number of benzene rings is 1. The molecule has 0 atom stereocenters. The van der Waals surface area contributed by atoms with Crippen LogP contribution in [0.2, 0.25) is 5.15 Å². The van der Waals surface area contributed by atoms with Crippen LogP contribution in [-0.2, 0) is 0 Å². The minimum absolute atomic E-state index is 0.505. The Hall–Kier alpha value is -2.14. The molecule has 4 rings (SSSR count). The number of anilines is 1. The molecular weight excluding hydrogens is 382 g/mol. The summed E-state index contributed by atoms with van der Waals surface area (Å²) in [6.45, 7) is 17.0. The molecule has 0 saturated carbocycles. The highest BCUT2D eigenvalue weighted by Gasteiger charge is 2.27. The second-order valence-corrected chi connectivity index (χ2v) is 7.98. The molecule has 0 aliphatic carbocycles. The second-order valence-electron chi connectivity index (χ2n) is 7.62. The van der Waals surface area contributed by atoms with Crippen LogP contribution in [0.3, 0.4) is 0 Å². The predicted octanol–water partition coefficient (Wildman–Crippen LogP) is 6.00. The fourth-order valence-corrected chi connectivity index (χ4v) is 4.55. The van der Waals surface area contributed by atoms with E-state index in [-0.39, 0.29) is 0 Å². The maximum absolute atomic E-state index is 6.79. The van der Waals surface area contributed by atoms with Gasteiger partial charge in [-0.05, 0) is 87.3 Å². The molecule has 1 aliphatic heterocycles. The fourth-order valence-electron chi connectivity index (χ4n) is 4.29. The van der Waals surface area contributed by atoms with Crippen molar-refractivity contribution in [1.82, 2.24) is 19.6 Å². The van der Waals surface area contributed by atoms with Crippen LogP contribution >= 0.6 is 11.6 Å². The smallest absolute Gasteiger partial charge is 0.255 e. The molecule has 1 aliphatic rings. The van der Waals surface area contributed by atoms with Crippen LogP contribution in [0.5, 0.6) is 0 Å². The standard InChI is InChI=1S/C21H26ClN5.C2H6/c1-12-13(2)15(4)17(16(5)14(12)3)18-19(22)25-21-23-11-24-27(21)20(18)26-9-7-6-8-10-26;1-2/h11H,6-10H2,1-5H3;1-2H3. The third kappa shape index (κ3) is 3.61. The lowest BCUT2D eigenvalue weighted by atomic mass is 9.86. The summed E-state index contributed by atoms with van der Waals surface area (Å²) in [4.78, 5) is 11.3. The SMILES string of the molecule is CC.Cc1c(C)c(C)c(-c2c(Cl)nc3ncnn3c2N2CCCCC2)c(C)c1C. The highest BCUT2D eigenvalue weighted by atomic mass is 35.5. The molecule has 156 valence electrons. The monoisotopic (exact) mass is 413 g/mol. The van der Waals surface area contributed by atoms with Gasteiger partial charge in [0.15, 0.2) is 0 Å². The first kappa shape index (κ1) is 21.6. The lowest BCUT2D eigenvalue weighted by Crippen LogP contribution is -2.32.